The summed E-state index contributed by atoms with van der Waals surface area (Å²) < 4.78 is 28.2. The van der Waals surface area contributed by atoms with Gasteiger partial charge in [0.15, 0.2) is 0 Å². The van der Waals surface area contributed by atoms with Crippen LogP contribution in [0.1, 0.15) is 52.9 Å². The van der Waals surface area contributed by atoms with Gasteiger partial charge in [0.05, 0.1) is 0 Å². The number of carboxylic acids is 1. The van der Waals surface area contributed by atoms with E-state index in [2.05, 4.69) is 0 Å². The fraction of sp³-hybridized carbons (Fsp3) is 0.929. The topological polar surface area (TPSA) is 77.9 Å². The Morgan fingerprint density at radius 1 is 1.24 bits per heavy atom. The fourth-order valence-electron chi connectivity index (χ4n) is 2.88. The summed E-state index contributed by atoms with van der Waals surface area (Å²) >= 11 is 0. The lowest BCUT2D eigenvalue weighted by Gasteiger charge is -2.38. The van der Waals surface area contributed by atoms with Gasteiger partial charge in [0.2, 0.25) is 0 Å². The number of carboxylic acid groups (broad SMARTS) is 1. The number of hydrogen-bond acceptors (Lipinski definition) is 3. The highest BCUT2D eigenvalue weighted by molar-refractivity contribution is 7.86. The van der Waals surface area contributed by atoms with Gasteiger partial charge in [0.25, 0.3) is 10.2 Å². The van der Waals surface area contributed by atoms with Gasteiger partial charge < -0.3 is 5.11 Å². The Hall–Kier alpha value is -0.660. The van der Waals surface area contributed by atoms with Crippen molar-refractivity contribution in [1.29, 1.82) is 0 Å². The van der Waals surface area contributed by atoms with Crippen LogP contribution in [0.25, 0.3) is 0 Å². The van der Waals surface area contributed by atoms with E-state index < -0.39 is 22.2 Å². The quantitative estimate of drug-likeness (QED) is 0.741. The van der Waals surface area contributed by atoms with Gasteiger partial charge in [-0.3, -0.25) is 4.79 Å². The van der Waals surface area contributed by atoms with Crippen molar-refractivity contribution < 1.29 is 18.3 Å². The predicted molar refractivity (Wildman–Crippen MR) is 82.2 cm³/mol. The minimum Gasteiger partial charge on any atom is -0.480 e. The molecule has 0 aromatic carbocycles. The van der Waals surface area contributed by atoms with Crippen LogP contribution in [-0.2, 0) is 15.0 Å². The van der Waals surface area contributed by atoms with E-state index in [0.717, 1.165) is 25.7 Å². The molecule has 6 nitrogen and oxygen atoms in total. The summed E-state index contributed by atoms with van der Waals surface area (Å²) in [5.41, 5.74) is 0. The zero-order valence-electron chi connectivity index (χ0n) is 13.3. The van der Waals surface area contributed by atoms with Crippen molar-refractivity contribution >= 4 is 16.2 Å². The second-order valence-corrected chi connectivity index (χ2v) is 7.55. The molecule has 0 spiro atoms. The molecule has 21 heavy (non-hydrogen) atoms. The Morgan fingerprint density at radius 2 is 1.81 bits per heavy atom. The minimum absolute atomic E-state index is 0.295. The van der Waals surface area contributed by atoms with E-state index in [9.17, 15) is 18.3 Å². The summed E-state index contributed by atoms with van der Waals surface area (Å²) in [7, 11) is -3.69. The van der Waals surface area contributed by atoms with Crippen LogP contribution in [0.4, 0.5) is 0 Å². The van der Waals surface area contributed by atoms with Crippen molar-refractivity contribution in [3.63, 3.8) is 0 Å². The van der Waals surface area contributed by atoms with Crippen LogP contribution in [0.3, 0.4) is 0 Å². The van der Waals surface area contributed by atoms with Crippen molar-refractivity contribution in [1.82, 2.24) is 8.61 Å². The molecule has 2 atom stereocenters. The highest BCUT2D eigenvalue weighted by Gasteiger charge is 2.41. The minimum atomic E-state index is -3.69. The molecule has 1 saturated heterocycles. The van der Waals surface area contributed by atoms with E-state index in [-0.39, 0.29) is 0 Å². The summed E-state index contributed by atoms with van der Waals surface area (Å²) in [6.07, 6.45) is 3.50. The largest absolute Gasteiger partial charge is 0.480 e. The first-order chi connectivity index (χ1) is 9.88. The Kier molecular flexibility index (Phi) is 7.09. The Labute approximate surface area is 128 Å². The molecule has 0 radical (unpaired) electrons. The van der Waals surface area contributed by atoms with E-state index >= 15 is 0 Å². The molecule has 1 N–H and O–H groups in total. The third-order valence-corrected chi connectivity index (χ3v) is 6.14. The number of rotatable bonds is 8. The molecule has 1 fully saturated rings. The molecule has 1 aliphatic rings. The number of nitrogens with zero attached hydrogens (tertiary/aromatic N) is 2. The standard InChI is InChI=1S/C14H28N2O4S/c1-4-8-15(9-5-2)21(19,20)16-10-7-12(6-3)11-13(16)14(17)18/h12-13H,4-11H2,1-3H3,(H,17,18). The van der Waals surface area contributed by atoms with E-state index in [1.165, 1.54) is 8.61 Å². The van der Waals surface area contributed by atoms with Gasteiger partial charge in [-0.25, -0.2) is 0 Å². The van der Waals surface area contributed by atoms with Crippen molar-refractivity contribution in [2.75, 3.05) is 19.6 Å². The maximum atomic E-state index is 12.8. The van der Waals surface area contributed by atoms with Crippen LogP contribution in [0.2, 0.25) is 0 Å². The average molecular weight is 320 g/mol. The van der Waals surface area contributed by atoms with Gasteiger partial charge in [-0.05, 0) is 31.6 Å². The van der Waals surface area contributed by atoms with E-state index in [1.54, 1.807) is 0 Å². The lowest BCUT2D eigenvalue weighted by Crippen LogP contribution is -2.55. The van der Waals surface area contributed by atoms with Crippen LogP contribution >= 0.6 is 0 Å². The molecule has 0 bridgehead atoms. The average Bonchev–Trinajstić information content (AvgIpc) is 2.46. The molecule has 1 aliphatic heterocycles. The molecule has 0 aliphatic carbocycles. The molecular weight excluding hydrogens is 292 g/mol. The highest BCUT2D eigenvalue weighted by Crippen LogP contribution is 2.29. The number of piperidine rings is 1. The first kappa shape index (κ1) is 18.4. The monoisotopic (exact) mass is 320 g/mol. The Bertz CT molecular complexity index is 432. The molecule has 0 amide bonds. The Balaban J connectivity index is 3.00. The van der Waals surface area contributed by atoms with E-state index in [1.807, 2.05) is 20.8 Å². The normalized spacial score (nSPS) is 24.4. The van der Waals surface area contributed by atoms with Gasteiger partial charge in [-0.1, -0.05) is 27.2 Å². The molecule has 0 aromatic rings. The molecule has 0 aromatic heterocycles. The maximum absolute atomic E-state index is 12.8. The van der Waals surface area contributed by atoms with Gasteiger partial charge in [0.1, 0.15) is 6.04 Å². The highest BCUT2D eigenvalue weighted by atomic mass is 32.2. The van der Waals surface area contributed by atoms with Crippen LogP contribution in [0.5, 0.6) is 0 Å². The van der Waals surface area contributed by atoms with Crippen LogP contribution in [-0.4, -0.2) is 53.8 Å². The second-order valence-electron chi connectivity index (χ2n) is 5.67. The Morgan fingerprint density at radius 3 is 2.24 bits per heavy atom. The predicted octanol–water partition coefficient (Wildman–Crippen LogP) is 1.93. The van der Waals surface area contributed by atoms with Crippen molar-refractivity contribution in [3.05, 3.63) is 0 Å². The SMILES string of the molecule is CCCN(CCC)S(=O)(=O)N1CCC(CC)CC1C(=O)O. The first-order valence-electron chi connectivity index (χ1n) is 7.88. The smallest absolute Gasteiger partial charge is 0.322 e. The van der Waals surface area contributed by atoms with Crippen molar-refractivity contribution in [2.24, 2.45) is 5.92 Å². The molecule has 124 valence electrons. The number of hydrogen-bond donors (Lipinski definition) is 1. The number of carbonyl (C=O) groups is 1. The lowest BCUT2D eigenvalue weighted by atomic mass is 9.90. The second kappa shape index (κ2) is 8.10. The lowest BCUT2D eigenvalue weighted by molar-refractivity contribution is -0.143. The van der Waals surface area contributed by atoms with E-state index in [0.29, 0.717) is 32.0 Å². The molecule has 2 unspecified atom stereocenters. The fourth-order valence-corrected chi connectivity index (χ4v) is 4.83. The third kappa shape index (κ3) is 4.40. The summed E-state index contributed by atoms with van der Waals surface area (Å²) in [4.78, 5) is 11.5. The summed E-state index contributed by atoms with van der Waals surface area (Å²) in [5, 5.41) is 9.40. The summed E-state index contributed by atoms with van der Waals surface area (Å²) in [6.45, 7) is 7.06. The zero-order chi connectivity index (χ0) is 16.0. The van der Waals surface area contributed by atoms with Crippen LogP contribution in [0.15, 0.2) is 0 Å². The van der Waals surface area contributed by atoms with Crippen LogP contribution in [0, 0.1) is 5.92 Å². The van der Waals surface area contributed by atoms with Crippen molar-refractivity contribution in [3.8, 4) is 0 Å². The zero-order valence-corrected chi connectivity index (χ0v) is 14.1. The summed E-state index contributed by atoms with van der Waals surface area (Å²) in [5.74, 6) is -0.743. The summed E-state index contributed by atoms with van der Waals surface area (Å²) in [6, 6.07) is -0.926. The van der Waals surface area contributed by atoms with E-state index in [4.69, 9.17) is 0 Å². The molecule has 1 rings (SSSR count). The maximum Gasteiger partial charge on any atom is 0.322 e. The van der Waals surface area contributed by atoms with Gasteiger partial charge in [0, 0.05) is 19.6 Å². The molecule has 1 heterocycles. The molecular formula is C14H28N2O4S. The van der Waals surface area contributed by atoms with Gasteiger partial charge in [-0.15, -0.1) is 0 Å². The first-order valence-corrected chi connectivity index (χ1v) is 9.27. The number of aliphatic carboxylic acids is 1. The third-order valence-electron chi connectivity index (χ3n) is 4.09. The van der Waals surface area contributed by atoms with Gasteiger partial charge in [-0.2, -0.15) is 17.0 Å². The van der Waals surface area contributed by atoms with Crippen LogP contribution < -0.4 is 0 Å². The molecule has 0 saturated carbocycles. The van der Waals surface area contributed by atoms with Gasteiger partial charge >= 0.3 is 5.97 Å². The van der Waals surface area contributed by atoms with Crippen molar-refractivity contribution in [2.45, 2.75) is 58.9 Å². The molecule has 7 heteroatoms.